The van der Waals surface area contributed by atoms with Gasteiger partial charge >= 0.3 is 6.18 Å². The van der Waals surface area contributed by atoms with Crippen molar-refractivity contribution >= 4 is 17.3 Å². The third kappa shape index (κ3) is 2.92. The highest BCUT2D eigenvalue weighted by Gasteiger charge is 2.31. The van der Waals surface area contributed by atoms with Crippen molar-refractivity contribution in [3.63, 3.8) is 0 Å². The van der Waals surface area contributed by atoms with Crippen molar-refractivity contribution in [3.8, 4) is 11.1 Å². The number of amides is 1. The van der Waals surface area contributed by atoms with Gasteiger partial charge in [0, 0.05) is 30.4 Å². The van der Waals surface area contributed by atoms with E-state index in [-0.39, 0.29) is 41.3 Å². The number of nitro benzene ring substituents is 1. The number of hydrogen-bond acceptors (Lipinski definition) is 4. The lowest BCUT2D eigenvalue weighted by molar-refractivity contribution is -0.383. The van der Waals surface area contributed by atoms with Crippen molar-refractivity contribution < 1.29 is 22.9 Å². The fraction of sp³-hybridized carbons (Fsp3) is 0.200. The van der Waals surface area contributed by atoms with E-state index in [2.05, 4.69) is 10.3 Å². The molecule has 1 aromatic heterocycles. The van der Waals surface area contributed by atoms with Gasteiger partial charge in [-0.3, -0.25) is 19.9 Å². The minimum atomic E-state index is -4.56. The van der Waals surface area contributed by atoms with Crippen LogP contribution in [0.1, 0.15) is 17.5 Å². The maximum absolute atomic E-state index is 12.8. The number of nitrogens with zero attached hydrogens (tertiary/aromatic N) is 2. The quantitative estimate of drug-likeness (QED) is 0.671. The highest BCUT2D eigenvalue weighted by atomic mass is 19.4. The summed E-state index contributed by atoms with van der Waals surface area (Å²) in [6.07, 6.45) is -2.22. The maximum Gasteiger partial charge on any atom is 0.417 e. The molecule has 1 aromatic carbocycles. The molecule has 9 heteroatoms. The minimum absolute atomic E-state index is 0.0972. The van der Waals surface area contributed by atoms with Crippen LogP contribution in [0.3, 0.4) is 0 Å². The number of anilines is 1. The van der Waals surface area contributed by atoms with Crippen molar-refractivity contribution in [2.24, 2.45) is 0 Å². The lowest BCUT2D eigenvalue weighted by Gasteiger charge is -2.18. The highest BCUT2D eigenvalue weighted by molar-refractivity contribution is 5.97. The highest BCUT2D eigenvalue weighted by Crippen LogP contribution is 2.38. The number of nitro groups is 1. The molecule has 1 aliphatic rings. The molecule has 0 saturated carbocycles. The van der Waals surface area contributed by atoms with Crippen molar-refractivity contribution in [2.45, 2.75) is 19.0 Å². The van der Waals surface area contributed by atoms with E-state index >= 15 is 0 Å². The molecule has 0 bridgehead atoms. The molecule has 124 valence electrons. The molecule has 3 rings (SSSR count). The van der Waals surface area contributed by atoms with Crippen molar-refractivity contribution in [1.82, 2.24) is 4.98 Å². The first-order valence-electron chi connectivity index (χ1n) is 6.89. The second-order valence-corrected chi connectivity index (χ2v) is 5.29. The normalized spacial score (nSPS) is 14.0. The Balaban J connectivity index is 2.15. The van der Waals surface area contributed by atoms with E-state index in [0.717, 1.165) is 12.1 Å². The molecule has 0 aliphatic carbocycles. The summed E-state index contributed by atoms with van der Waals surface area (Å²) < 4.78 is 38.4. The number of rotatable bonds is 2. The van der Waals surface area contributed by atoms with Crippen molar-refractivity contribution in [2.75, 3.05) is 5.32 Å². The predicted octanol–water partition coefficient (Wildman–Crippen LogP) is 3.56. The van der Waals surface area contributed by atoms with E-state index in [1.54, 1.807) is 6.07 Å². The van der Waals surface area contributed by atoms with Crippen LogP contribution >= 0.6 is 0 Å². The number of halogens is 3. The Morgan fingerprint density at radius 2 is 1.88 bits per heavy atom. The number of benzene rings is 1. The van der Waals surface area contributed by atoms with Gasteiger partial charge in [-0.25, -0.2) is 0 Å². The topological polar surface area (TPSA) is 85.1 Å². The van der Waals surface area contributed by atoms with Gasteiger partial charge in [0.25, 0.3) is 5.69 Å². The van der Waals surface area contributed by atoms with Crippen LogP contribution in [0.4, 0.5) is 24.5 Å². The zero-order valence-corrected chi connectivity index (χ0v) is 12.1. The second-order valence-electron chi connectivity index (χ2n) is 5.29. The number of hydrogen-bond donors (Lipinski definition) is 1. The molecule has 1 amide bonds. The molecule has 0 saturated heterocycles. The molecule has 0 fully saturated rings. The molecule has 6 nitrogen and oxygen atoms in total. The van der Waals surface area contributed by atoms with Crippen LogP contribution in [0.25, 0.3) is 11.1 Å². The van der Waals surface area contributed by atoms with Gasteiger partial charge in [0.1, 0.15) is 5.69 Å². The van der Waals surface area contributed by atoms with Crippen LogP contribution < -0.4 is 5.32 Å². The summed E-state index contributed by atoms with van der Waals surface area (Å²) >= 11 is 0. The number of carbonyl (C=O) groups is 1. The first-order chi connectivity index (χ1) is 11.3. The smallest absolute Gasteiger partial charge is 0.320 e. The average Bonchev–Trinajstić information content (AvgIpc) is 2.53. The third-order valence-electron chi connectivity index (χ3n) is 3.68. The number of fused-ring (bicyclic) bond motifs is 1. The van der Waals surface area contributed by atoms with Crippen LogP contribution in [-0.4, -0.2) is 15.8 Å². The Morgan fingerprint density at radius 3 is 2.54 bits per heavy atom. The Morgan fingerprint density at radius 1 is 1.12 bits per heavy atom. The predicted molar refractivity (Wildman–Crippen MR) is 78.3 cm³/mol. The second kappa shape index (κ2) is 5.59. The van der Waals surface area contributed by atoms with Crippen LogP contribution in [0.2, 0.25) is 0 Å². The monoisotopic (exact) mass is 337 g/mol. The van der Waals surface area contributed by atoms with Crippen LogP contribution in [0, 0.1) is 10.1 Å². The molecule has 0 spiro atoms. The molecule has 2 heterocycles. The van der Waals surface area contributed by atoms with E-state index in [4.69, 9.17) is 0 Å². The van der Waals surface area contributed by atoms with Gasteiger partial charge < -0.3 is 5.32 Å². The third-order valence-corrected chi connectivity index (χ3v) is 3.68. The van der Waals surface area contributed by atoms with Gasteiger partial charge in [0.2, 0.25) is 5.91 Å². The van der Waals surface area contributed by atoms with E-state index in [1.807, 2.05) is 0 Å². The van der Waals surface area contributed by atoms with Crippen molar-refractivity contribution in [1.29, 1.82) is 0 Å². The minimum Gasteiger partial charge on any atom is -0.320 e. The number of carbonyl (C=O) groups excluding carboxylic acids is 1. The number of pyridine rings is 1. The Bertz CT molecular complexity index is 850. The Hall–Kier alpha value is -2.97. The number of aryl methyl sites for hydroxylation is 1. The molecule has 1 N–H and O–H groups in total. The van der Waals surface area contributed by atoms with Gasteiger partial charge in [0.05, 0.1) is 10.5 Å². The maximum atomic E-state index is 12.8. The van der Waals surface area contributed by atoms with E-state index < -0.39 is 16.7 Å². The van der Waals surface area contributed by atoms with Crippen molar-refractivity contribution in [3.05, 3.63) is 51.8 Å². The summed E-state index contributed by atoms with van der Waals surface area (Å²) in [5.41, 5.74) is -0.319. The number of alkyl halides is 3. The van der Waals surface area contributed by atoms with Gasteiger partial charge in [-0.05, 0) is 29.7 Å². The zero-order valence-electron chi connectivity index (χ0n) is 12.1. The molecule has 0 atom stereocenters. The van der Waals surface area contributed by atoms with Gasteiger partial charge in [0.15, 0.2) is 0 Å². The summed E-state index contributed by atoms with van der Waals surface area (Å²) in [5, 5.41) is 13.7. The van der Waals surface area contributed by atoms with E-state index in [0.29, 0.717) is 11.8 Å². The largest absolute Gasteiger partial charge is 0.417 e. The van der Waals surface area contributed by atoms with Gasteiger partial charge in [-0.15, -0.1) is 0 Å². The summed E-state index contributed by atoms with van der Waals surface area (Å²) in [4.78, 5) is 25.6. The summed E-state index contributed by atoms with van der Waals surface area (Å²) in [6.45, 7) is 0. The van der Waals surface area contributed by atoms with E-state index in [9.17, 15) is 28.1 Å². The molecular weight excluding hydrogens is 327 g/mol. The van der Waals surface area contributed by atoms with Gasteiger partial charge in [-0.1, -0.05) is 0 Å². The Kier molecular flexibility index (Phi) is 3.70. The molecule has 0 radical (unpaired) electrons. The van der Waals surface area contributed by atoms with Gasteiger partial charge in [-0.2, -0.15) is 13.2 Å². The van der Waals surface area contributed by atoms with Crippen LogP contribution in [-0.2, 0) is 17.4 Å². The zero-order chi connectivity index (χ0) is 17.5. The first kappa shape index (κ1) is 15.9. The summed E-state index contributed by atoms with van der Waals surface area (Å²) in [6, 6.07) is 3.57. The molecule has 2 aromatic rings. The van der Waals surface area contributed by atoms with Crippen LogP contribution in [0.5, 0.6) is 0 Å². The fourth-order valence-corrected chi connectivity index (χ4v) is 2.54. The molecule has 24 heavy (non-hydrogen) atoms. The van der Waals surface area contributed by atoms with E-state index in [1.165, 1.54) is 6.20 Å². The first-order valence-corrected chi connectivity index (χ1v) is 6.89. The Labute approximate surface area is 133 Å². The van der Waals surface area contributed by atoms with Crippen LogP contribution in [0.15, 0.2) is 30.6 Å². The molecule has 0 unspecified atom stereocenters. The summed E-state index contributed by atoms with van der Waals surface area (Å²) in [7, 11) is 0. The summed E-state index contributed by atoms with van der Waals surface area (Å²) in [5.74, 6) is -0.334. The molecular formula is C15H10F3N3O3. The lowest BCUT2D eigenvalue weighted by atomic mass is 9.96. The SMILES string of the molecule is O=C1CCc2cc(-c3cncc(C(F)(F)F)c3)cc([N+](=O)[O-])c2N1. The number of aromatic nitrogens is 1. The lowest BCUT2D eigenvalue weighted by Crippen LogP contribution is -2.20. The standard InChI is InChI=1S/C15H10F3N3O3/c16-15(17,18)11-4-10(6-19-7-11)9-3-8-1-2-13(22)20-14(8)12(5-9)21(23)24/h3-7H,1-2H2,(H,20,22). The number of nitrogens with one attached hydrogen (secondary N) is 1. The average molecular weight is 337 g/mol. The molecule has 1 aliphatic heterocycles. The fourth-order valence-electron chi connectivity index (χ4n) is 2.54.